The second kappa shape index (κ2) is 9.37. The van der Waals surface area contributed by atoms with Crippen LogP contribution in [0, 0.1) is 23.2 Å². The van der Waals surface area contributed by atoms with Crippen LogP contribution < -0.4 is 0 Å². The van der Waals surface area contributed by atoms with Crippen molar-refractivity contribution in [2.24, 2.45) is 23.2 Å². The van der Waals surface area contributed by atoms with Gasteiger partial charge >= 0.3 is 5.97 Å². The number of Topliss-reactive ketones (excluding diaryl/α,β-unsaturated/α-hetero) is 1. The van der Waals surface area contributed by atoms with Crippen LogP contribution in [0.4, 0.5) is 0 Å². The van der Waals surface area contributed by atoms with Crippen molar-refractivity contribution in [1.29, 1.82) is 0 Å². The fourth-order valence-electron chi connectivity index (χ4n) is 12.9. The highest BCUT2D eigenvalue weighted by Gasteiger charge is 2.87. The maximum Gasteiger partial charge on any atom is 0.305 e. The van der Waals surface area contributed by atoms with E-state index in [1.54, 1.807) is 20.8 Å². The number of ketones is 1. The van der Waals surface area contributed by atoms with E-state index in [4.69, 9.17) is 18.9 Å². The monoisotopic (exact) mass is 675 g/mol. The molecular weight excluding hydrogens is 622 g/mol. The van der Waals surface area contributed by atoms with Crippen molar-refractivity contribution in [3.63, 3.8) is 0 Å². The minimum Gasteiger partial charge on any atom is -0.457 e. The quantitative estimate of drug-likeness (QED) is 0.288. The van der Waals surface area contributed by atoms with Gasteiger partial charge < -0.3 is 34.1 Å². The van der Waals surface area contributed by atoms with Gasteiger partial charge in [0.1, 0.15) is 17.8 Å². The number of H-pyrrole nitrogens is 1. The number of aromatic nitrogens is 1. The number of epoxide rings is 1. The average Bonchev–Trinajstić information content (AvgIpc) is 3.51. The summed E-state index contributed by atoms with van der Waals surface area (Å²) in [5.41, 5.74) is -0.0479. The van der Waals surface area contributed by atoms with Crippen molar-refractivity contribution < 1.29 is 38.7 Å². The number of hydrogen-bond donors (Lipinski definition) is 3. The van der Waals surface area contributed by atoms with Crippen molar-refractivity contribution in [3.05, 3.63) is 34.5 Å². The highest BCUT2D eigenvalue weighted by atomic mass is 16.7. The zero-order chi connectivity index (χ0) is 35.1. The number of esters is 1. The molecule has 1 spiro atoms. The van der Waals surface area contributed by atoms with Crippen molar-refractivity contribution in [3.8, 4) is 0 Å². The van der Waals surface area contributed by atoms with Crippen LogP contribution in [0.3, 0.4) is 0 Å². The minimum atomic E-state index is -1.27. The summed E-state index contributed by atoms with van der Waals surface area (Å²) in [7, 11) is 0. The Bertz CT molecular complexity index is 1820. The van der Waals surface area contributed by atoms with Crippen LogP contribution in [0.15, 0.2) is 12.1 Å². The molecule has 9 rings (SSSR count). The molecule has 1 aromatic carbocycles. The molecule has 11 atom stereocenters. The Hall–Kier alpha value is -2.30. The molecule has 49 heavy (non-hydrogen) atoms. The fourth-order valence-corrected chi connectivity index (χ4v) is 12.9. The largest absolute Gasteiger partial charge is 0.457 e. The van der Waals surface area contributed by atoms with Crippen molar-refractivity contribution in [2.45, 2.75) is 165 Å². The molecule has 266 valence electrons. The second-order valence-electron chi connectivity index (χ2n) is 18.7. The lowest BCUT2D eigenvalue weighted by Gasteiger charge is -2.66. The molecule has 9 nitrogen and oxygen atoms in total. The van der Waals surface area contributed by atoms with E-state index in [1.165, 1.54) is 16.6 Å². The van der Waals surface area contributed by atoms with E-state index >= 15 is 0 Å². The summed E-state index contributed by atoms with van der Waals surface area (Å²) < 4.78 is 25.8. The van der Waals surface area contributed by atoms with E-state index < -0.39 is 63.3 Å². The van der Waals surface area contributed by atoms with Crippen molar-refractivity contribution in [1.82, 2.24) is 4.98 Å². The first-order valence-electron chi connectivity index (χ1n) is 18.7. The molecule has 7 aliphatic rings. The van der Waals surface area contributed by atoms with Crippen LogP contribution in [0.25, 0.3) is 10.9 Å². The number of aliphatic hydroxyl groups is 2. The van der Waals surface area contributed by atoms with E-state index in [9.17, 15) is 19.8 Å². The molecule has 0 amide bonds. The van der Waals surface area contributed by atoms with Gasteiger partial charge in [-0.3, -0.25) is 9.59 Å². The van der Waals surface area contributed by atoms with Gasteiger partial charge in [-0.25, -0.2) is 0 Å². The summed E-state index contributed by atoms with van der Waals surface area (Å²) in [6.45, 7) is 18.1. The Kier molecular flexibility index (Phi) is 6.24. The summed E-state index contributed by atoms with van der Waals surface area (Å²) in [5, 5.41) is 25.7. The van der Waals surface area contributed by atoms with Crippen molar-refractivity contribution in [2.75, 3.05) is 0 Å². The highest BCUT2D eigenvalue weighted by Crippen LogP contribution is 2.75. The third kappa shape index (κ3) is 3.65. The number of benzene rings is 1. The van der Waals surface area contributed by atoms with Gasteiger partial charge in [0.05, 0.1) is 28.8 Å². The van der Waals surface area contributed by atoms with Crippen LogP contribution in [0.2, 0.25) is 0 Å². The zero-order valence-corrected chi connectivity index (χ0v) is 30.5. The van der Waals surface area contributed by atoms with Gasteiger partial charge in [-0.2, -0.15) is 0 Å². The van der Waals surface area contributed by atoms with E-state index in [0.29, 0.717) is 25.2 Å². The molecular formula is C40H53NO8. The lowest BCUT2D eigenvalue weighted by atomic mass is 9.40. The number of nitrogens with one attached hydrogen (secondary N) is 1. The first-order valence-corrected chi connectivity index (χ1v) is 18.7. The topological polar surface area (TPSA) is 131 Å². The Balaban J connectivity index is 1.15. The predicted molar refractivity (Wildman–Crippen MR) is 181 cm³/mol. The standard InChI is InChI=1S/C40H53NO8/c1-10-26(42)47-30-32(34(2,3)44)46-25-14-15-37(8)38(9)19(13-16-39(37,45)40(25)33(30)48-40)17-22-27-21-18-23-28(36(6,7)49-35(23,4)5)29(43)20(21)11-12-24(27)41-31(22)38/h11-12,19,23,25,28,30,32-33,41,44-45H,10,13-18H2,1-9H3/t19-,23-,25-,28-,30+,32-,33+,37+,38+,39-,40-/m0/s1. The smallest absolute Gasteiger partial charge is 0.305 e. The predicted octanol–water partition coefficient (Wildman–Crippen LogP) is 5.48. The van der Waals surface area contributed by atoms with Gasteiger partial charge in [0.2, 0.25) is 0 Å². The first-order chi connectivity index (χ1) is 22.8. The van der Waals surface area contributed by atoms with E-state index in [0.717, 1.165) is 35.9 Å². The van der Waals surface area contributed by atoms with Gasteiger partial charge in [-0.15, -0.1) is 0 Å². The molecule has 3 saturated heterocycles. The molecule has 2 saturated carbocycles. The highest BCUT2D eigenvalue weighted by molar-refractivity contribution is 6.06. The van der Waals surface area contributed by atoms with Gasteiger partial charge in [0, 0.05) is 45.3 Å². The summed E-state index contributed by atoms with van der Waals surface area (Å²) in [6.07, 6.45) is 2.01. The zero-order valence-electron chi connectivity index (χ0n) is 30.5. The molecule has 3 aliphatic heterocycles. The number of aromatic amines is 1. The second-order valence-corrected chi connectivity index (χ2v) is 18.7. The van der Waals surface area contributed by atoms with E-state index in [-0.39, 0.29) is 30.0 Å². The maximum atomic E-state index is 14.2. The van der Waals surface area contributed by atoms with Crippen LogP contribution in [-0.2, 0) is 42.0 Å². The van der Waals surface area contributed by atoms with Crippen LogP contribution in [0.1, 0.15) is 122 Å². The van der Waals surface area contributed by atoms with Crippen LogP contribution >= 0.6 is 0 Å². The summed E-state index contributed by atoms with van der Waals surface area (Å²) in [6, 6.07) is 4.10. The normalized spacial score (nSPS) is 45.4. The number of carbonyl (C=O) groups excluding carboxylic acids is 2. The summed E-state index contributed by atoms with van der Waals surface area (Å²) in [5.74, 6) is 0.0204. The first kappa shape index (κ1) is 32.6. The fraction of sp³-hybridized carbons (Fsp3) is 0.750. The Labute approximate surface area is 288 Å². The molecule has 2 aromatic rings. The number of carbonyl (C=O) groups is 2. The van der Waals surface area contributed by atoms with Crippen molar-refractivity contribution >= 4 is 22.7 Å². The number of rotatable bonds is 3. The molecule has 9 heteroatoms. The Morgan fingerprint density at radius 1 is 1.04 bits per heavy atom. The summed E-state index contributed by atoms with van der Waals surface area (Å²) in [4.78, 5) is 30.8. The Morgan fingerprint density at radius 3 is 2.47 bits per heavy atom. The molecule has 3 N–H and O–H groups in total. The van der Waals surface area contributed by atoms with E-state index in [2.05, 4.69) is 52.6 Å². The van der Waals surface area contributed by atoms with Crippen LogP contribution in [-0.4, -0.2) is 79.4 Å². The van der Waals surface area contributed by atoms with Crippen LogP contribution in [0.5, 0.6) is 0 Å². The van der Waals surface area contributed by atoms with Gasteiger partial charge in [-0.05, 0) is 109 Å². The van der Waals surface area contributed by atoms with Gasteiger partial charge in [0.25, 0.3) is 0 Å². The average molecular weight is 676 g/mol. The minimum absolute atomic E-state index is 0.0904. The number of fused-ring (bicyclic) bond motifs is 10. The van der Waals surface area contributed by atoms with E-state index in [1.807, 2.05) is 6.07 Å². The number of ether oxygens (including phenoxy) is 4. The maximum absolute atomic E-state index is 14.2. The lowest BCUT2D eigenvalue weighted by Crippen LogP contribution is -2.77. The molecule has 0 bridgehead atoms. The molecule has 1 aromatic heterocycles. The molecule has 4 heterocycles. The third-order valence-corrected chi connectivity index (χ3v) is 15.3. The molecule has 5 fully saturated rings. The number of hydrogen-bond acceptors (Lipinski definition) is 8. The molecule has 0 radical (unpaired) electrons. The van der Waals surface area contributed by atoms with Gasteiger partial charge in [-0.1, -0.05) is 20.8 Å². The third-order valence-electron chi connectivity index (χ3n) is 15.3. The Morgan fingerprint density at radius 2 is 1.78 bits per heavy atom. The van der Waals surface area contributed by atoms with Gasteiger partial charge in [0.15, 0.2) is 17.5 Å². The molecule has 0 unspecified atom stereocenters. The molecule has 4 aliphatic carbocycles. The lowest BCUT2D eigenvalue weighted by molar-refractivity contribution is -0.282. The SMILES string of the molecule is CCC(=O)O[C@H]1[C@H]2O[C@@]23[C@H](CC[C@@]2(C)[C@@]3(O)CC[C@H]3Cc4c([nH]c5ccc6c(c45)C[C@H]4[C@@H](C6=O)C(C)(C)OC4(C)C)[C@@]32C)O[C@@H]1C(C)(C)O. The summed E-state index contributed by atoms with van der Waals surface area (Å²) >= 11 is 0.